The second-order valence-corrected chi connectivity index (χ2v) is 9.19. The zero-order valence-corrected chi connectivity index (χ0v) is 15.5. The van der Waals surface area contributed by atoms with Crippen LogP contribution in [0.4, 0.5) is 0 Å². The predicted molar refractivity (Wildman–Crippen MR) is 93.0 cm³/mol. The van der Waals surface area contributed by atoms with E-state index in [2.05, 4.69) is 20.5 Å². The molecule has 1 aromatic rings. The average Bonchev–Trinajstić information content (AvgIpc) is 3.11. The molecule has 1 aromatic heterocycles. The summed E-state index contributed by atoms with van der Waals surface area (Å²) in [6.45, 7) is 2.84. The molecule has 1 aliphatic carbocycles. The molecule has 0 unspecified atom stereocenters. The summed E-state index contributed by atoms with van der Waals surface area (Å²) in [5, 5.41) is 9.91. The quantitative estimate of drug-likeness (QED) is 0.749. The van der Waals surface area contributed by atoms with Gasteiger partial charge in [0.1, 0.15) is 12.2 Å². The Kier molecular flexibility index (Phi) is 5.43. The van der Waals surface area contributed by atoms with Crippen molar-refractivity contribution >= 4 is 15.9 Å². The lowest BCUT2D eigenvalue weighted by Crippen LogP contribution is -2.54. The highest BCUT2D eigenvalue weighted by molar-refractivity contribution is 7.89. The van der Waals surface area contributed by atoms with Gasteiger partial charge in [0.2, 0.25) is 15.9 Å². The summed E-state index contributed by atoms with van der Waals surface area (Å²) >= 11 is 0. The number of aromatic amines is 1. The summed E-state index contributed by atoms with van der Waals surface area (Å²) in [6.07, 6.45) is 6.92. The van der Waals surface area contributed by atoms with Crippen LogP contribution in [0.5, 0.6) is 0 Å². The second kappa shape index (κ2) is 7.41. The fraction of sp³-hybridized carbons (Fsp3) is 0.812. The number of nitrogens with zero attached hydrogens (tertiary/aromatic N) is 3. The van der Waals surface area contributed by atoms with Gasteiger partial charge in [0, 0.05) is 19.0 Å². The number of aromatic nitrogens is 3. The van der Waals surface area contributed by atoms with Crippen molar-refractivity contribution in [2.75, 3.05) is 18.8 Å². The van der Waals surface area contributed by atoms with Crippen molar-refractivity contribution in [2.45, 2.75) is 57.4 Å². The number of H-pyrrole nitrogens is 1. The monoisotopic (exact) mass is 369 g/mol. The van der Waals surface area contributed by atoms with Gasteiger partial charge in [0.15, 0.2) is 0 Å². The summed E-state index contributed by atoms with van der Waals surface area (Å²) in [5.41, 5.74) is -0.419. The topological polar surface area (TPSA) is 108 Å². The van der Waals surface area contributed by atoms with Gasteiger partial charge in [-0.2, -0.15) is 5.10 Å². The van der Waals surface area contributed by atoms with E-state index in [1.807, 2.05) is 6.92 Å². The Balaban J connectivity index is 1.55. The number of sulfonamides is 1. The summed E-state index contributed by atoms with van der Waals surface area (Å²) in [6, 6.07) is 0. The highest BCUT2D eigenvalue weighted by Gasteiger charge is 2.44. The maximum absolute atomic E-state index is 12.7. The minimum atomic E-state index is -3.18. The first-order valence-electron chi connectivity index (χ1n) is 9.12. The molecule has 2 N–H and O–H groups in total. The average molecular weight is 369 g/mol. The van der Waals surface area contributed by atoms with Crippen LogP contribution in [-0.4, -0.2) is 52.7 Å². The first-order valence-corrected chi connectivity index (χ1v) is 10.7. The fourth-order valence-electron chi connectivity index (χ4n) is 3.58. The van der Waals surface area contributed by atoms with E-state index >= 15 is 0 Å². The van der Waals surface area contributed by atoms with E-state index in [0.29, 0.717) is 38.2 Å². The second-order valence-electron chi connectivity index (χ2n) is 7.10. The smallest absolute Gasteiger partial charge is 0.224 e. The summed E-state index contributed by atoms with van der Waals surface area (Å²) in [7, 11) is -3.18. The first-order chi connectivity index (χ1) is 12.0. The van der Waals surface area contributed by atoms with Gasteiger partial charge in [0.05, 0.1) is 11.3 Å². The van der Waals surface area contributed by atoms with Crippen molar-refractivity contribution in [3.63, 3.8) is 0 Å². The number of amides is 1. The molecule has 8 nitrogen and oxygen atoms in total. The fourth-order valence-corrected chi connectivity index (χ4v) is 5.26. The van der Waals surface area contributed by atoms with Crippen LogP contribution in [0.15, 0.2) is 6.33 Å². The van der Waals surface area contributed by atoms with Crippen LogP contribution in [-0.2, 0) is 20.4 Å². The lowest BCUT2D eigenvalue weighted by atomic mass is 9.75. The van der Waals surface area contributed by atoms with E-state index in [-0.39, 0.29) is 17.6 Å². The molecule has 3 rings (SSSR count). The van der Waals surface area contributed by atoms with E-state index in [0.717, 1.165) is 25.7 Å². The van der Waals surface area contributed by atoms with Crippen LogP contribution in [0.1, 0.15) is 57.7 Å². The van der Waals surface area contributed by atoms with Gasteiger partial charge in [-0.1, -0.05) is 13.3 Å². The van der Waals surface area contributed by atoms with Gasteiger partial charge < -0.3 is 5.32 Å². The molecule has 1 saturated carbocycles. The summed E-state index contributed by atoms with van der Waals surface area (Å²) < 4.78 is 26.1. The molecule has 2 heterocycles. The number of unbranched alkanes of at least 4 members (excludes halogenated alkanes) is 1. The molecule has 2 fully saturated rings. The van der Waals surface area contributed by atoms with Crippen LogP contribution in [0, 0.1) is 5.92 Å². The Morgan fingerprint density at radius 3 is 2.64 bits per heavy atom. The Morgan fingerprint density at radius 1 is 1.40 bits per heavy atom. The summed E-state index contributed by atoms with van der Waals surface area (Å²) in [4.78, 5) is 16.9. The van der Waals surface area contributed by atoms with Crippen molar-refractivity contribution in [3.8, 4) is 0 Å². The maximum Gasteiger partial charge on any atom is 0.224 e. The number of carbonyl (C=O) groups is 1. The zero-order valence-electron chi connectivity index (χ0n) is 14.7. The number of piperidine rings is 1. The van der Waals surface area contributed by atoms with Crippen molar-refractivity contribution in [2.24, 2.45) is 5.92 Å². The van der Waals surface area contributed by atoms with Gasteiger partial charge in [-0.25, -0.2) is 17.7 Å². The number of hydrogen-bond donors (Lipinski definition) is 2. The molecular weight excluding hydrogens is 342 g/mol. The molecule has 9 heteroatoms. The van der Waals surface area contributed by atoms with E-state index in [1.54, 1.807) is 4.31 Å². The third-order valence-corrected chi connectivity index (χ3v) is 7.37. The van der Waals surface area contributed by atoms with Crippen molar-refractivity contribution < 1.29 is 13.2 Å². The van der Waals surface area contributed by atoms with Crippen LogP contribution >= 0.6 is 0 Å². The molecule has 1 amide bonds. The van der Waals surface area contributed by atoms with E-state index < -0.39 is 15.6 Å². The highest BCUT2D eigenvalue weighted by Crippen LogP contribution is 2.39. The molecular formula is C16H27N5O3S. The molecule has 140 valence electrons. The van der Waals surface area contributed by atoms with Crippen molar-refractivity contribution in [3.05, 3.63) is 12.2 Å². The minimum Gasteiger partial charge on any atom is -0.343 e. The molecule has 0 spiro atoms. The van der Waals surface area contributed by atoms with Crippen LogP contribution in [0.25, 0.3) is 0 Å². The normalized spacial score (nSPS) is 21.6. The molecule has 0 aromatic carbocycles. The van der Waals surface area contributed by atoms with E-state index in [9.17, 15) is 13.2 Å². The summed E-state index contributed by atoms with van der Waals surface area (Å²) in [5.74, 6) is 0.779. The number of rotatable bonds is 7. The van der Waals surface area contributed by atoms with Gasteiger partial charge in [-0.3, -0.25) is 9.89 Å². The molecule has 2 aliphatic rings. The van der Waals surface area contributed by atoms with Gasteiger partial charge in [0.25, 0.3) is 0 Å². The van der Waals surface area contributed by atoms with Gasteiger partial charge in [-0.15, -0.1) is 0 Å². The zero-order chi connectivity index (χ0) is 17.9. The Hall–Kier alpha value is -1.48. The third-order valence-electron chi connectivity index (χ3n) is 5.41. The number of hydrogen-bond acceptors (Lipinski definition) is 5. The molecule has 0 radical (unpaired) electrons. The molecule has 0 atom stereocenters. The standard InChI is InChI=1S/C16H27N5O3S/c1-2-3-11-25(23,24)21-9-5-13(6-10-21)14(22)19-16(7-4-8-16)15-17-12-18-20-15/h12-13H,2-11H2,1H3,(H,19,22)(H,17,18,20). The van der Waals surface area contributed by atoms with Gasteiger partial charge in [-0.05, 0) is 38.5 Å². The van der Waals surface area contributed by atoms with E-state index in [4.69, 9.17) is 0 Å². The maximum atomic E-state index is 12.7. The Morgan fingerprint density at radius 2 is 2.12 bits per heavy atom. The van der Waals surface area contributed by atoms with Crippen molar-refractivity contribution in [1.29, 1.82) is 0 Å². The predicted octanol–water partition coefficient (Wildman–Crippen LogP) is 1.14. The number of carbonyl (C=O) groups excluding carboxylic acids is 1. The van der Waals surface area contributed by atoms with Gasteiger partial charge >= 0.3 is 0 Å². The molecule has 1 saturated heterocycles. The largest absolute Gasteiger partial charge is 0.343 e. The molecule has 25 heavy (non-hydrogen) atoms. The van der Waals surface area contributed by atoms with Crippen molar-refractivity contribution in [1.82, 2.24) is 24.8 Å². The lowest BCUT2D eigenvalue weighted by Gasteiger charge is -2.42. The van der Waals surface area contributed by atoms with Crippen LogP contribution < -0.4 is 5.32 Å². The molecule has 0 bridgehead atoms. The highest BCUT2D eigenvalue weighted by atomic mass is 32.2. The molecule has 1 aliphatic heterocycles. The first kappa shape index (κ1) is 18.3. The Bertz CT molecular complexity index is 677. The van der Waals surface area contributed by atoms with Crippen LogP contribution in [0.3, 0.4) is 0 Å². The number of nitrogens with one attached hydrogen (secondary N) is 2. The minimum absolute atomic E-state index is 0.00158. The lowest BCUT2D eigenvalue weighted by molar-refractivity contribution is -0.129. The van der Waals surface area contributed by atoms with E-state index in [1.165, 1.54) is 6.33 Å². The Labute approximate surface area is 148 Å². The SMILES string of the molecule is CCCCS(=O)(=O)N1CCC(C(=O)NC2(c3ncn[nH]3)CCC2)CC1. The third kappa shape index (κ3) is 3.87. The van der Waals surface area contributed by atoms with Crippen LogP contribution in [0.2, 0.25) is 0 Å².